The van der Waals surface area contributed by atoms with E-state index in [4.69, 9.17) is 9.15 Å². The van der Waals surface area contributed by atoms with Gasteiger partial charge in [-0.05, 0) is 29.3 Å². The van der Waals surface area contributed by atoms with Gasteiger partial charge in [0.25, 0.3) is 0 Å². The molecule has 0 unspecified atom stereocenters. The molecule has 11 heteroatoms. The summed E-state index contributed by atoms with van der Waals surface area (Å²) < 4.78 is 52.1. The first-order chi connectivity index (χ1) is 14.7. The quantitative estimate of drug-likeness (QED) is 0.632. The number of hydrogen-bond acceptors (Lipinski definition) is 6. The average Bonchev–Trinajstić information content (AvgIpc) is 3.34. The van der Waals surface area contributed by atoms with E-state index < -0.39 is 18.6 Å². The van der Waals surface area contributed by atoms with Crippen molar-refractivity contribution in [2.24, 2.45) is 0 Å². The first-order valence-electron chi connectivity index (χ1n) is 9.15. The van der Waals surface area contributed by atoms with Crippen LogP contribution in [0.5, 0.6) is 5.75 Å². The van der Waals surface area contributed by atoms with Crippen LogP contribution in [0.3, 0.4) is 0 Å². The highest BCUT2D eigenvalue weighted by Gasteiger charge is 2.32. The summed E-state index contributed by atoms with van der Waals surface area (Å²) in [4.78, 5) is 27.3. The van der Waals surface area contributed by atoms with Crippen LogP contribution in [0.15, 0.2) is 41.1 Å². The van der Waals surface area contributed by atoms with Gasteiger partial charge in [-0.25, -0.2) is 9.78 Å². The molecule has 0 aliphatic carbocycles. The van der Waals surface area contributed by atoms with Gasteiger partial charge in [0.05, 0.1) is 6.54 Å². The summed E-state index contributed by atoms with van der Waals surface area (Å²) in [5.74, 6) is -0.618. The number of alkyl carbamates (subject to hydrolysis) is 1. The van der Waals surface area contributed by atoms with Crippen molar-refractivity contribution in [1.82, 2.24) is 15.6 Å². The third-order valence-corrected chi connectivity index (χ3v) is 4.66. The molecule has 1 saturated heterocycles. The fourth-order valence-electron chi connectivity index (χ4n) is 3.42. The van der Waals surface area contributed by atoms with E-state index in [2.05, 4.69) is 20.4 Å². The number of hydrogen-bond donors (Lipinski definition) is 2. The largest absolute Gasteiger partial charge is 0.573 e. The third-order valence-electron chi connectivity index (χ3n) is 4.66. The molecule has 4 rings (SSSR count). The molecule has 1 atom stereocenters. The Labute approximate surface area is 173 Å². The summed E-state index contributed by atoms with van der Waals surface area (Å²) in [6.07, 6.45) is -4.79. The standard InChI is InChI=1S/C20H16F3N3O5/c1-10(27)24-7-12-6-14(11-2-4-13(5-3-11)31-20(21,22)23)17-18(29-9-26-17)16(12)15-8-25-19(28)30-15/h2-6,9,15H,7-8H2,1H3,(H,24,27)(H,25,28)/t15-/m1/s1. The van der Waals surface area contributed by atoms with Crippen molar-refractivity contribution in [3.8, 4) is 16.9 Å². The number of alkyl halides is 3. The number of fused-ring (bicyclic) bond motifs is 1. The molecule has 8 nitrogen and oxygen atoms in total. The molecule has 2 amide bonds. The number of oxazole rings is 1. The monoisotopic (exact) mass is 435 g/mol. The van der Waals surface area contributed by atoms with Crippen molar-refractivity contribution in [2.45, 2.75) is 25.9 Å². The van der Waals surface area contributed by atoms with Crippen LogP contribution in [0, 0.1) is 0 Å². The Kier molecular flexibility index (Phi) is 5.17. The molecule has 162 valence electrons. The molecule has 31 heavy (non-hydrogen) atoms. The number of nitrogens with one attached hydrogen (secondary N) is 2. The first-order valence-corrected chi connectivity index (χ1v) is 9.15. The van der Waals surface area contributed by atoms with Gasteiger partial charge in [-0.15, -0.1) is 13.2 Å². The molecule has 0 bridgehead atoms. The molecule has 1 aromatic heterocycles. The summed E-state index contributed by atoms with van der Waals surface area (Å²) in [6, 6.07) is 7.05. The van der Waals surface area contributed by atoms with Crippen LogP contribution in [0.2, 0.25) is 0 Å². The number of halogens is 3. The SMILES string of the molecule is CC(=O)NCc1cc(-c2ccc(OC(F)(F)F)cc2)c2ncoc2c1[C@H]1CNC(=O)O1. The van der Waals surface area contributed by atoms with Crippen LogP contribution in [-0.4, -0.2) is 29.9 Å². The van der Waals surface area contributed by atoms with Crippen molar-refractivity contribution in [3.63, 3.8) is 0 Å². The lowest BCUT2D eigenvalue weighted by Gasteiger charge is -2.17. The van der Waals surface area contributed by atoms with Crippen LogP contribution in [0.25, 0.3) is 22.2 Å². The van der Waals surface area contributed by atoms with Gasteiger partial charge in [0, 0.05) is 24.6 Å². The van der Waals surface area contributed by atoms with Crippen molar-refractivity contribution in [2.75, 3.05) is 6.54 Å². The first kappa shape index (κ1) is 20.5. The van der Waals surface area contributed by atoms with Gasteiger partial charge in [0.2, 0.25) is 5.91 Å². The molecular weight excluding hydrogens is 419 g/mol. The molecule has 2 heterocycles. The second-order valence-corrected chi connectivity index (χ2v) is 6.78. The molecule has 0 radical (unpaired) electrons. The van der Waals surface area contributed by atoms with E-state index in [-0.39, 0.29) is 24.7 Å². The number of nitrogens with zero attached hydrogens (tertiary/aromatic N) is 1. The second-order valence-electron chi connectivity index (χ2n) is 6.78. The Morgan fingerprint density at radius 2 is 2.06 bits per heavy atom. The zero-order valence-electron chi connectivity index (χ0n) is 16.1. The summed E-state index contributed by atoms with van der Waals surface area (Å²) >= 11 is 0. The van der Waals surface area contributed by atoms with Gasteiger partial charge in [-0.3, -0.25) is 4.79 Å². The predicted octanol–water partition coefficient (Wildman–Crippen LogP) is 3.81. The third kappa shape index (κ3) is 4.39. The highest BCUT2D eigenvalue weighted by Crippen LogP contribution is 2.38. The van der Waals surface area contributed by atoms with Crippen molar-refractivity contribution < 1.29 is 36.7 Å². The van der Waals surface area contributed by atoms with E-state index in [0.29, 0.717) is 33.4 Å². The van der Waals surface area contributed by atoms with Gasteiger partial charge < -0.3 is 24.5 Å². The summed E-state index contributed by atoms with van der Waals surface area (Å²) in [7, 11) is 0. The average molecular weight is 435 g/mol. The maximum atomic E-state index is 12.4. The van der Waals surface area contributed by atoms with Crippen LogP contribution in [0.1, 0.15) is 24.2 Å². The minimum absolute atomic E-state index is 0.123. The van der Waals surface area contributed by atoms with Gasteiger partial charge >= 0.3 is 12.5 Å². The van der Waals surface area contributed by atoms with E-state index in [1.54, 1.807) is 6.07 Å². The smallest absolute Gasteiger partial charge is 0.443 e. The molecule has 0 saturated carbocycles. The fourth-order valence-corrected chi connectivity index (χ4v) is 3.42. The Bertz CT molecular complexity index is 1140. The van der Waals surface area contributed by atoms with Crippen LogP contribution in [-0.2, 0) is 16.1 Å². The molecule has 1 fully saturated rings. The Hall–Kier alpha value is -3.76. The summed E-state index contributed by atoms with van der Waals surface area (Å²) in [5.41, 5.74) is 3.10. The lowest BCUT2D eigenvalue weighted by atomic mass is 9.94. The van der Waals surface area contributed by atoms with Crippen LogP contribution >= 0.6 is 0 Å². The maximum Gasteiger partial charge on any atom is 0.573 e. The topological polar surface area (TPSA) is 103 Å². The molecule has 3 aromatic rings. The normalized spacial score (nSPS) is 16.1. The molecule has 1 aliphatic heterocycles. The van der Waals surface area contributed by atoms with E-state index in [9.17, 15) is 22.8 Å². The number of aromatic nitrogens is 1. The van der Waals surface area contributed by atoms with E-state index in [1.165, 1.54) is 37.6 Å². The zero-order valence-corrected chi connectivity index (χ0v) is 16.1. The number of cyclic esters (lactones) is 1. The van der Waals surface area contributed by atoms with E-state index >= 15 is 0 Å². The number of amides is 2. The lowest BCUT2D eigenvalue weighted by Crippen LogP contribution is -2.21. The number of carbonyl (C=O) groups excluding carboxylic acids is 2. The Balaban J connectivity index is 1.80. The van der Waals surface area contributed by atoms with Gasteiger partial charge in [0.15, 0.2) is 18.1 Å². The van der Waals surface area contributed by atoms with Gasteiger partial charge in [0.1, 0.15) is 11.3 Å². The number of rotatable bonds is 5. The van der Waals surface area contributed by atoms with E-state index in [0.717, 1.165) is 0 Å². The summed E-state index contributed by atoms with van der Waals surface area (Å²) in [5, 5.41) is 5.27. The molecule has 0 spiro atoms. The Morgan fingerprint density at radius 1 is 1.32 bits per heavy atom. The molecular formula is C20H16F3N3O5. The number of ether oxygens (including phenoxy) is 2. The Morgan fingerprint density at radius 3 is 2.68 bits per heavy atom. The highest BCUT2D eigenvalue weighted by molar-refractivity contribution is 5.94. The molecule has 1 aliphatic rings. The molecule has 2 N–H and O–H groups in total. The zero-order chi connectivity index (χ0) is 22.2. The van der Waals surface area contributed by atoms with E-state index in [1.807, 2.05) is 0 Å². The van der Waals surface area contributed by atoms with Crippen molar-refractivity contribution in [1.29, 1.82) is 0 Å². The second kappa shape index (κ2) is 7.82. The fraction of sp³-hybridized carbons (Fsp3) is 0.250. The number of carbonyl (C=O) groups is 2. The lowest BCUT2D eigenvalue weighted by molar-refractivity contribution is -0.274. The van der Waals surface area contributed by atoms with Crippen molar-refractivity contribution in [3.05, 3.63) is 47.9 Å². The maximum absolute atomic E-state index is 12.4. The minimum atomic E-state index is -4.79. The van der Waals surface area contributed by atoms with Gasteiger partial charge in [-0.1, -0.05) is 12.1 Å². The van der Waals surface area contributed by atoms with Crippen LogP contribution in [0.4, 0.5) is 18.0 Å². The predicted molar refractivity (Wildman–Crippen MR) is 101 cm³/mol. The van der Waals surface area contributed by atoms with Crippen LogP contribution < -0.4 is 15.4 Å². The molecule has 2 aromatic carbocycles. The highest BCUT2D eigenvalue weighted by atomic mass is 19.4. The summed E-state index contributed by atoms with van der Waals surface area (Å²) in [6.45, 7) is 1.70. The minimum Gasteiger partial charge on any atom is -0.443 e. The number of benzene rings is 2. The van der Waals surface area contributed by atoms with Crippen molar-refractivity contribution >= 4 is 23.1 Å². The van der Waals surface area contributed by atoms with Gasteiger partial charge in [-0.2, -0.15) is 0 Å².